The molecule has 0 aliphatic heterocycles. The van der Waals surface area contributed by atoms with E-state index in [1.165, 1.54) is 29.9 Å². The van der Waals surface area contributed by atoms with Gasteiger partial charge >= 0.3 is 0 Å². The molecule has 4 rings (SSSR count). The molecule has 1 amide bonds. The minimum Gasteiger partial charge on any atom is -0.379 e. The van der Waals surface area contributed by atoms with E-state index in [-0.39, 0.29) is 42.4 Å². The summed E-state index contributed by atoms with van der Waals surface area (Å²) in [4.78, 5) is 16.3. The molecule has 4 aromatic rings. The van der Waals surface area contributed by atoms with Gasteiger partial charge in [0, 0.05) is 6.20 Å². The largest absolute Gasteiger partial charge is 0.379 e. The van der Waals surface area contributed by atoms with Crippen LogP contribution in [0.5, 0.6) is 0 Å². The van der Waals surface area contributed by atoms with E-state index in [0.29, 0.717) is 11.3 Å². The maximum atomic E-state index is 15.0. The number of nitrogens with zero attached hydrogens (tertiary/aromatic N) is 6. The number of hydrogen-bond donors (Lipinski definition) is 2. The molecule has 1 unspecified atom stereocenters. The summed E-state index contributed by atoms with van der Waals surface area (Å²) in [6.07, 6.45) is 1.32. The van der Waals surface area contributed by atoms with Crippen LogP contribution in [0, 0.1) is 5.82 Å². The van der Waals surface area contributed by atoms with E-state index in [1.807, 2.05) is 0 Å². The number of carbonyl (C=O) groups is 1. The fourth-order valence-corrected chi connectivity index (χ4v) is 3.08. The average Bonchev–Trinajstić information content (AvgIpc) is 3.27. The first kappa shape index (κ1) is 21.2. The Morgan fingerprint density at radius 3 is 2.84 bits per heavy atom. The molecule has 0 aliphatic rings. The lowest BCUT2D eigenvalue weighted by atomic mass is 10.0. The van der Waals surface area contributed by atoms with Gasteiger partial charge in [0.1, 0.15) is 5.82 Å². The molecular weight excluding hydrogens is 418 g/mol. The van der Waals surface area contributed by atoms with Crippen LogP contribution < -0.4 is 10.6 Å². The highest BCUT2D eigenvalue weighted by atomic mass is 19.1. The zero-order valence-corrected chi connectivity index (χ0v) is 17.2. The Kier molecular flexibility index (Phi) is 5.97. The first-order chi connectivity index (χ1) is 15.4. The first-order valence-electron chi connectivity index (χ1n) is 9.85. The second-order valence-electron chi connectivity index (χ2n) is 7.35. The number of alkyl halides is 1. The number of benzene rings is 1. The summed E-state index contributed by atoms with van der Waals surface area (Å²) in [6.45, 7) is 1.33. The fourth-order valence-electron chi connectivity index (χ4n) is 3.08. The van der Waals surface area contributed by atoms with Gasteiger partial charge < -0.3 is 10.6 Å². The number of rotatable bonds is 8. The highest BCUT2D eigenvalue weighted by Crippen LogP contribution is 2.25. The third-order valence-corrected chi connectivity index (χ3v) is 4.83. The Morgan fingerprint density at radius 1 is 1.16 bits per heavy atom. The molecule has 9 nitrogen and oxygen atoms in total. The molecule has 0 bridgehead atoms. The Morgan fingerprint density at radius 2 is 2.03 bits per heavy atom. The molecular formula is C21H20F2N8O. The van der Waals surface area contributed by atoms with Gasteiger partial charge in [-0.1, -0.05) is 18.2 Å². The SMILES string of the molecule is CC(F)(CNc1cccc(CC(=O)NCc2ccc3nnnn3n2)c1F)c1ccccn1. The van der Waals surface area contributed by atoms with E-state index in [9.17, 15) is 13.6 Å². The molecule has 0 radical (unpaired) electrons. The second kappa shape index (κ2) is 9.00. The van der Waals surface area contributed by atoms with E-state index >= 15 is 0 Å². The van der Waals surface area contributed by atoms with Gasteiger partial charge in [-0.3, -0.25) is 9.78 Å². The number of halogens is 2. The summed E-state index contributed by atoms with van der Waals surface area (Å²) >= 11 is 0. The van der Waals surface area contributed by atoms with E-state index in [1.54, 1.807) is 36.4 Å². The van der Waals surface area contributed by atoms with Gasteiger partial charge in [0.25, 0.3) is 0 Å². The van der Waals surface area contributed by atoms with Crippen LogP contribution in [0.25, 0.3) is 5.65 Å². The number of tetrazole rings is 1. The molecule has 11 heteroatoms. The highest BCUT2D eigenvalue weighted by molar-refractivity contribution is 5.79. The van der Waals surface area contributed by atoms with E-state index < -0.39 is 11.5 Å². The molecule has 3 aromatic heterocycles. The van der Waals surface area contributed by atoms with Crippen LogP contribution in [-0.4, -0.2) is 42.7 Å². The van der Waals surface area contributed by atoms with Gasteiger partial charge in [-0.05, 0) is 53.2 Å². The van der Waals surface area contributed by atoms with Gasteiger partial charge in [-0.15, -0.1) is 9.73 Å². The third kappa shape index (κ3) is 4.82. The number of anilines is 1. The standard InChI is InChI=1S/C21H20F2N8O/c1-21(23,17-7-2-3-10-24-17)13-26-16-6-4-5-14(20(16)22)11-19(32)25-12-15-8-9-18-27-29-30-31(18)28-15/h2-10,26H,11-13H2,1H3,(H,25,32). The summed E-state index contributed by atoms with van der Waals surface area (Å²) in [7, 11) is 0. The lowest BCUT2D eigenvalue weighted by molar-refractivity contribution is -0.120. The lowest BCUT2D eigenvalue weighted by Crippen LogP contribution is -2.28. The van der Waals surface area contributed by atoms with E-state index in [0.717, 1.165) is 0 Å². The molecule has 0 spiro atoms. The minimum absolute atomic E-state index is 0.112. The summed E-state index contributed by atoms with van der Waals surface area (Å²) in [6, 6.07) is 12.9. The van der Waals surface area contributed by atoms with Crippen molar-refractivity contribution in [1.82, 2.24) is 35.6 Å². The Labute approximate surface area is 181 Å². The van der Waals surface area contributed by atoms with Gasteiger partial charge in [0.15, 0.2) is 11.3 Å². The van der Waals surface area contributed by atoms with Crippen LogP contribution in [0.4, 0.5) is 14.5 Å². The minimum atomic E-state index is -1.80. The quantitative estimate of drug-likeness (QED) is 0.434. The monoisotopic (exact) mass is 438 g/mol. The number of amides is 1. The van der Waals surface area contributed by atoms with Crippen molar-refractivity contribution >= 4 is 17.2 Å². The summed E-state index contributed by atoms with van der Waals surface area (Å²) in [5, 5.41) is 20.6. The molecule has 32 heavy (non-hydrogen) atoms. The zero-order chi connectivity index (χ0) is 22.6. The predicted molar refractivity (Wildman–Crippen MR) is 112 cm³/mol. The number of nitrogens with one attached hydrogen (secondary N) is 2. The molecule has 0 saturated heterocycles. The number of carbonyl (C=O) groups excluding carboxylic acids is 1. The maximum Gasteiger partial charge on any atom is 0.224 e. The van der Waals surface area contributed by atoms with Crippen LogP contribution in [0.1, 0.15) is 23.9 Å². The first-order valence-corrected chi connectivity index (χ1v) is 9.85. The van der Waals surface area contributed by atoms with Crippen LogP contribution in [0.3, 0.4) is 0 Å². The van der Waals surface area contributed by atoms with Gasteiger partial charge in [-0.2, -0.15) is 5.10 Å². The molecule has 1 atom stereocenters. The molecule has 0 aliphatic carbocycles. The Bertz CT molecular complexity index is 1230. The van der Waals surface area contributed by atoms with E-state index in [2.05, 4.69) is 36.2 Å². The van der Waals surface area contributed by atoms with Crippen molar-refractivity contribution in [1.29, 1.82) is 0 Å². The van der Waals surface area contributed by atoms with Crippen molar-refractivity contribution < 1.29 is 13.6 Å². The highest BCUT2D eigenvalue weighted by Gasteiger charge is 2.27. The molecule has 1 aromatic carbocycles. The number of fused-ring (bicyclic) bond motifs is 1. The zero-order valence-electron chi connectivity index (χ0n) is 17.2. The third-order valence-electron chi connectivity index (χ3n) is 4.83. The van der Waals surface area contributed by atoms with Crippen molar-refractivity contribution in [2.45, 2.75) is 25.6 Å². The molecule has 3 heterocycles. The van der Waals surface area contributed by atoms with Crippen LogP contribution in [0.2, 0.25) is 0 Å². The number of aromatic nitrogens is 6. The van der Waals surface area contributed by atoms with Crippen molar-refractivity contribution in [2.75, 3.05) is 11.9 Å². The number of hydrogen-bond acceptors (Lipinski definition) is 7. The molecule has 0 fully saturated rings. The van der Waals surface area contributed by atoms with E-state index in [4.69, 9.17) is 0 Å². The van der Waals surface area contributed by atoms with Gasteiger partial charge in [0.05, 0.1) is 36.6 Å². The van der Waals surface area contributed by atoms with Crippen LogP contribution in [-0.2, 0) is 23.4 Å². The number of pyridine rings is 1. The topological polar surface area (TPSA) is 110 Å². The molecule has 0 saturated carbocycles. The smallest absolute Gasteiger partial charge is 0.224 e. The van der Waals surface area contributed by atoms with Crippen LogP contribution >= 0.6 is 0 Å². The lowest BCUT2D eigenvalue weighted by Gasteiger charge is -2.21. The normalized spacial score (nSPS) is 13.0. The summed E-state index contributed by atoms with van der Waals surface area (Å²) in [5.74, 6) is -0.990. The fraction of sp³-hybridized carbons (Fsp3) is 0.238. The Hall–Kier alpha value is -4.02. The van der Waals surface area contributed by atoms with Crippen LogP contribution in [0.15, 0.2) is 54.7 Å². The van der Waals surface area contributed by atoms with Crippen molar-refractivity contribution in [3.63, 3.8) is 0 Å². The average molecular weight is 438 g/mol. The predicted octanol–water partition coefficient (Wildman–Crippen LogP) is 2.21. The second-order valence-corrected chi connectivity index (χ2v) is 7.35. The maximum absolute atomic E-state index is 15.0. The van der Waals surface area contributed by atoms with Crippen molar-refractivity contribution in [2.24, 2.45) is 0 Å². The molecule has 164 valence electrons. The summed E-state index contributed by atoms with van der Waals surface area (Å²) in [5.41, 5.74) is -0.216. The van der Waals surface area contributed by atoms with Crippen molar-refractivity contribution in [3.8, 4) is 0 Å². The van der Waals surface area contributed by atoms with Gasteiger partial charge in [-0.25, -0.2) is 8.78 Å². The molecule has 2 N–H and O–H groups in total. The van der Waals surface area contributed by atoms with Crippen molar-refractivity contribution in [3.05, 3.63) is 77.5 Å². The van der Waals surface area contributed by atoms with Gasteiger partial charge in [0.2, 0.25) is 5.91 Å². The Balaban J connectivity index is 1.36. The summed E-state index contributed by atoms with van der Waals surface area (Å²) < 4.78 is 31.1.